The SMILES string of the molecule is COC(=O)N[C@@H](Cc1ccccc1)C(=O)N[C@@H](CC1=CCC(NS(=O)(=O)O)C=C1)c1csc(-c2ccccc2)n1. The molecule has 1 aliphatic rings. The van der Waals surface area contributed by atoms with Gasteiger partial charge in [0.05, 0.1) is 18.8 Å². The van der Waals surface area contributed by atoms with E-state index in [1.54, 1.807) is 12.2 Å². The molecule has 4 rings (SSSR count). The number of carbonyl (C=O) groups excluding carboxylic acids is 2. The summed E-state index contributed by atoms with van der Waals surface area (Å²) < 4.78 is 38.3. The van der Waals surface area contributed by atoms with Gasteiger partial charge in [-0.05, 0) is 24.0 Å². The maximum Gasteiger partial charge on any atom is 0.407 e. The lowest BCUT2D eigenvalue weighted by atomic mass is 9.96. The molecule has 1 unspecified atom stereocenters. The highest BCUT2D eigenvalue weighted by Crippen LogP contribution is 2.30. The third-order valence-electron chi connectivity index (χ3n) is 6.21. The minimum absolute atomic E-state index is 0.256. The largest absolute Gasteiger partial charge is 0.453 e. The minimum Gasteiger partial charge on any atom is -0.453 e. The molecule has 0 aliphatic heterocycles. The molecule has 0 fully saturated rings. The Kier molecular flexibility index (Phi) is 9.83. The smallest absolute Gasteiger partial charge is 0.407 e. The highest BCUT2D eigenvalue weighted by molar-refractivity contribution is 7.83. The van der Waals surface area contributed by atoms with Crippen molar-refractivity contribution in [1.29, 1.82) is 0 Å². The molecule has 1 heterocycles. The molecular weight excluding hydrogens is 552 g/mol. The monoisotopic (exact) mass is 582 g/mol. The van der Waals surface area contributed by atoms with Crippen LogP contribution in [0.15, 0.2) is 89.8 Å². The number of hydrogen-bond donors (Lipinski definition) is 4. The lowest BCUT2D eigenvalue weighted by Crippen LogP contribution is -2.49. The molecule has 0 bridgehead atoms. The lowest BCUT2D eigenvalue weighted by molar-refractivity contribution is -0.123. The van der Waals surface area contributed by atoms with Crippen molar-refractivity contribution < 1.29 is 27.3 Å². The molecule has 3 atom stereocenters. The van der Waals surface area contributed by atoms with Crippen molar-refractivity contribution in [2.45, 2.75) is 37.4 Å². The Bertz CT molecular complexity index is 1470. The summed E-state index contributed by atoms with van der Waals surface area (Å²) in [6, 6.07) is 17.0. The second kappa shape index (κ2) is 13.5. The summed E-state index contributed by atoms with van der Waals surface area (Å²) >= 11 is 1.46. The second-order valence-electron chi connectivity index (χ2n) is 9.16. The molecule has 2 aromatic carbocycles. The van der Waals surface area contributed by atoms with Crippen LogP contribution in [-0.4, -0.2) is 49.1 Å². The molecule has 1 aromatic heterocycles. The van der Waals surface area contributed by atoms with E-state index in [1.165, 1.54) is 18.4 Å². The molecule has 2 amide bonds. The van der Waals surface area contributed by atoms with E-state index in [1.807, 2.05) is 72.1 Å². The van der Waals surface area contributed by atoms with Crippen molar-refractivity contribution in [3.63, 3.8) is 0 Å². The molecule has 3 aromatic rings. The van der Waals surface area contributed by atoms with E-state index in [0.717, 1.165) is 21.7 Å². The number of nitrogens with zero attached hydrogens (tertiary/aromatic N) is 1. The van der Waals surface area contributed by atoms with Crippen molar-refractivity contribution in [1.82, 2.24) is 20.3 Å². The Labute approximate surface area is 237 Å². The van der Waals surface area contributed by atoms with Crippen LogP contribution in [0.1, 0.15) is 30.1 Å². The van der Waals surface area contributed by atoms with Crippen LogP contribution < -0.4 is 15.4 Å². The number of benzene rings is 2. The highest BCUT2D eigenvalue weighted by Gasteiger charge is 2.27. The first-order chi connectivity index (χ1) is 19.2. The van der Waals surface area contributed by atoms with Gasteiger partial charge in [-0.2, -0.15) is 13.1 Å². The first-order valence-electron chi connectivity index (χ1n) is 12.5. The lowest BCUT2D eigenvalue weighted by Gasteiger charge is -2.24. The highest BCUT2D eigenvalue weighted by atomic mass is 32.2. The van der Waals surface area contributed by atoms with Gasteiger partial charge in [-0.1, -0.05) is 78.9 Å². The number of thiazole rings is 1. The molecule has 10 nitrogen and oxygen atoms in total. The fourth-order valence-electron chi connectivity index (χ4n) is 4.25. The summed E-state index contributed by atoms with van der Waals surface area (Å²) in [5.74, 6) is -0.403. The number of nitrogens with one attached hydrogen (secondary N) is 3. The van der Waals surface area contributed by atoms with E-state index in [-0.39, 0.29) is 6.42 Å². The van der Waals surface area contributed by atoms with Gasteiger partial charge in [0.25, 0.3) is 0 Å². The first kappa shape index (κ1) is 29.2. The Morgan fingerprint density at radius 2 is 1.77 bits per heavy atom. The van der Waals surface area contributed by atoms with Crippen LogP contribution in [0.4, 0.5) is 4.79 Å². The Hall–Kier alpha value is -3.84. The van der Waals surface area contributed by atoms with E-state index in [2.05, 4.69) is 15.4 Å². The van der Waals surface area contributed by atoms with E-state index >= 15 is 0 Å². The third kappa shape index (κ3) is 8.58. The van der Waals surface area contributed by atoms with Crippen molar-refractivity contribution in [3.05, 3.63) is 101 Å². The molecular formula is C28H30N4O6S2. The van der Waals surface area contributed by atoms with Gasteiger partial charge in [-0.25, -0.2) is 9.78 Å². The van der Waals surface area contributed by atoms with E-state index < -0.39 is 40.4 Å². The predicted octanol–water partition coefficient (Wildman–Crippen LogP) is 3.97. The number of aromatic nitrogens is 1. The quantitative estimate of drug-likeness (QED) is 0.250. The van der Waals surface area contributed by atoms with Crippen LogP contribution in [0.2, 0.25) is 0 Å². The van der Waals surface area contributed by atoms with Crippen molar-refractivity contribution in [2.24, 2.45) is 0 Å². The number of carbonyl (C=O) groups is 2. The van der Waals surface area contributed by atoms with Gasteiger partial charge in [0.15, 0.2) is 0 Å². The summed E-state index contributed by atoms with van der Waals surface area (Å²) in [4.78, 5) is 30.4. The van der Waals surface area contributed by atoms with Crippen LogP contribution in [0.5, 0.6) is 0 Å². The third-order valence-corrected chi connectivity index (χ3v) is 7.72. The van der Waals surface area contributed by atoms with Gasteiger partial charge in [-0.15, -0.1) is 11.3 Å². The zero-order valence-corrected chi connectivity index (χ0v) is 23.3. The number of amides is 2. The minimum atomic E-state index is -4.34. The number of rotatable bonds is 11. The number of hydrogen-bond acceptors (Lipinski definition) is 7. The molecule has 0 saturated heterocycles. The molecule has 1 aliphatic carbocycles. The van der Waals surface area contributed by atoms with Gasteiger partial charge >= 0.3 is 16.4 Å². The van der Waals surface area contributed by atoms with E-state index in [4.69, 9.17) is 14.3 Å². The van der Waals surface area contributed by atoms with Crippen LogP contribution in [0.3, 0.4) is 0 Å². The predicted molar refractivity (Wildman–Crippen MR) is 153 cm³/mol. The molecule has 4 N–H and O–H groups in total. The maximum atomic E-state index is 13.6. The van der Waals surface area contributed by atoms with E-state index in [0.29, 0.717) is 18.5 Å². The van der Waals surface area contributed by atoms with Crippen LogP contribution in [-0.2, 0) is 26.3 Å². The van der Waals surface area contributed by atoms with Gasteiger partial charge in [0.1, 0.15) is 11.0 Å². The summed E-state index contributed by atoms with van der Waals surface area (Å²) in [7, 11) is -3.10. The van der Waals surface area contributed by atoms with Crippen molar-refractivity contribution in [2.75, 3.05) is 7.11 Å². The molecule has 210 valence electrons. The topological polar surface area (TPSA) is 147 Å². The second-order valence-corrected chi connectivity index (χ2v) is 11.2. The summed E-state index contributed by atoms with van der Waals surface area (Å²) in [5.41, 5.74) is 3.33. The maximum absolute atomic E-state index is 13.6. The van der Waals surface area contributed by atoms with E-state index in [9.17, 15) is 18.0 Å². The molecule has 12 heteroatoms. The van der Waals surface area contributed by atoms with Crippen LogP contribution in [0, 0.1) is 0 Å². The average Bonchev–Trinajstić information content (AvgIpc) is 3.44. The first-order valence-corrected chi connectivity index (χ1v) is 14.8. The van der Waals surface area contributed by atoms with Crippen LogP contribution in [0.25, 0.3) is 10.6 Å². The zero-order valence-electron chi connectivity index (χ0n) is 21.7. The number of ether oxygens (including phenoxy) is 1. The van der Waals surface area contributed by atoms with Gasteiger partial charge in [-0.3, -0.25) is 9.35 Å². The molecule has 0 saturated carbocycles. The number of methoxy groups -OCH3 is 1. The Morgan fingerprint density at radius 1 is 1.07 bits per heavy atom. The fourth-order valence-corrected chi connectivity index (χ4v) is 5.69. The Morgan fingerprint density at radius 3 is 2.40 bits per heavy atom. The average molecular weight is 583 g/mol. The zero-order chi connectivity index (χ0) is 28.5. The number of alkyl carbamates (subject to hydrolysis) is 1. The fraction of sp³-hybridized carbons (Fsp3) is 0.250. The van der Waals surface area contributed by atoms with Crippen LogP contribution >= 0.6 is 11.3 Å². The summed E-state index contributed by atoms with van der Waals surface area (Å²) in [5, 5.41) is 8.37. The molecule has 0 spiro atoms. The van der Waals surface area contributed by atoms with Gasteiger partial charge < -0.3 is 15.4 Å². The summed E-state index contributed by atoms with van der Waals surface area (Å²) in [6.07, 6.45) is 5.49. The Balaban J connectivity index is 1.57. The molecule has 40 heavy (non-hydrogen) atoms. The van der Waals surface area contributed by atoms with Gasteiger partial charge in [0, 0.05) is 23.4 Å². The summed E-state index contributed by atoms with van der Waals surface area (Å²) in [6.45, 7) is 0. The number of allylic oxidation sites excluding steroid dienone is 1. The normalized spacial score (nSPS) is 16.4. The standard InChI is InChI=1S/C28H30N4O6S2/c1-38-28(34)31-24(17-19-8-4-2-5-9-19)26(33)29-23(16-20-12-14-22(15-13-20)32-40(35,36)37)25-18-39-27(30-25)21-10-6-3-7-11-21/h2-14,18,22-24,32H,15-17H2,1H3,(H,29,33)(H,31,34)(H,35,36,37)/t22?,23-,24-/m0/s1. The van der Waals surface area contributed by atoms with Crippen molar-refractivity contribution in [3.8, 4) is 10.6 Å². The molecule has 0 radical (unpaired) electrons. The van der Waals surface area contributed by atoms with Crippen molar-refractivity contribution >= 4 is 33.6 Å². The van der Waals surface area contributed by atoms with Gasteiger partial charge in [0.2, 0.25) is 5.91 Å².